The summed E-state index contributed by atoms with van der Waals surface area (Å²) in [6.07, 6.45) is 35.2. The molecule has 62 heavy (non-hydrogen) atoms. The number of hydrogen-bond donors (Lipinski definition) is 4. The summed E-state index contributed by atoms with van der Waals surface area (Å²) in [5.41, 5.74) is 0. The van der Waals surface area contributed by atoms with Crippen LogP contribution in [0.2, 0.25) is 0 Å². The van der Waals surface area contributed by atoms with Crippen LogP contribution >= 0.6 is 64.8 Å². The largest absolute Gasteiger partial charge is 0.480 e. The van der Waals surface area contributed by atoms with Crippen LogP contribution in [0.1, 0.15) is 234 Å². The number of carboxylic acids is 2. The predicted octanol–water partition coefficient (Wildman–Crippen LogP) is 15.6. The fourth-order valence-electron chi connectivity index (χ4n) is 7.22. The van der Waals surface area contributed by atoms with Crippen LogP contribution in [0.5, 0.6) is 0 Å². The van der Waals surface area contributed by atoms with Gasteiger partial charge in [-0.25, -0.2) is 9.59 Å². The Balaban J connectivity index is 4.08. The maximum Gasteiger partial charge on any atom is 0.327 e. The Labute approximate surface area is 404 Å². The first kappa shape index (κ1) is 62.0. The van der Waals surface area contributed by atoms with E-state index in [1.807, 2.05) is 21.6 Å². The van der Waals surface area contributed by atoms with Crippen LogP contribution in [-0.4, -0.2) is 78.6 Å². The number of carbonyl (C=O) groups is 4. The molecular formula is C48H92N2O6S6. The van der Waals surface area contributed by atoms with Crippen molar-refractivity contribution in [2.24, 2.45) is 0 Å². The van der Waals surface area contributed by atoms with Gasteiger partial charge < -0.3 is 20.8 Å². The molecule has 0 fully saturated rings. The van der Waals surface area contributed by atoms with Gasteiger partial charge in [-0.1, -0.05) is 260 Å². The second kappa shape index (κ2) is 44.8. The zero-order chi connectivity index (χ0) is 46.1. The molecule has 14 heteroatoms. The van der Waals surface area contributed by atoms with E-state index in [4.69, 9.17) is 0 Å². The van der Waals surface area contributed by atoms with E-state index in [1.165, 1.54) is 150 Å². The maximum atomic E-state index is 12.5. The van der Waals surface area contributed by atoms with Gasteiger partial charge >= 0.3 is 11.9 Å². The van der Waals surface area contributed by atoms with Gasteiger partial charge in [0, 0.05) is 45.3 Å². The molecule has 0 saturated heterocycles. The summed E-state index contributed by atoms with van der Waals surface area (Å²) in [4.78, 5) is 48.7. The Kier molecular flexibility index (Phi) is 44.8. The van der Waals surface area contributed by atoms with Crippen LogP contribution in [0.3, 0.4) is 0 Å². The van der Waals surface area contributed by atoms with E-state index in [0.29, 0.717) is 45.3 Å². The number of unbranched alkanes of at least 4 members (excludes halogenated alkanes) is 24. The standard InChI is InChI=1S/C48H92N2O6S6/c1-7-9-11-13-15-17-19-21-23-25-27-29-31-33-45(51)49-43(47(53)54)37-57-59-39(3)35-41(5)61-62-42(6)36-40(4)60-58-38-44(48(55)56)50-46(52)34-32-30-28-26-24-22-20-18-16-14-12-10-8-2/h39-44H,7-38H2,1-6H3,(H,49,51)(H,50,52)(H,53,54)(H,55,56). The van der Waals surface area contributed by atoms with Crippen molar-refractivity contribution in [3.05, 3.63) is 0 Å². The van der Waals surface area contributed by atoms with E-state index in [9.17, 15) is 29.4 Å². The minimum absolute atomic E-state index is 0.162. The third kappa shape index (κ3) is 41.4. The fourth-order valence-corrected chi connectivity index (χ4v) is 15.4. The monoisotopic (exact) mass is 985 g/mol. The van der Waals surface area contributed by atoms with E-state index in [0.717, 1.165) is 51.4 Å². The molecule has 6 atom stereocenters. The number of carboxylic acid groups (broad SMARTS) is 2. The lowest BCUT2D eigenvalue weighted by atomic mass is 10.0. The summed E-state index contributed by atoms with van der Waals surface area (Å²) in [6.45, 7) is 13.3. The zero-order valence-corrected chi connectivity index (χ0v) is 45.0. The summed E-state index contributed by atoms with van der Waals surface area (Å²) >= 11 is 0. The molecular weight excluding hydrogens is 893 g/mol. The zero-order valence-electron chi connectivity index (χ0n) is 40.1. The lowest BCUT2D eigenvalue weighted by molar-refractivity contribution is -0.141. The normalized spacial score (nSPS) is 14.5. The first-order chi connectivity index (χ1) is 29.9. The molecule has 0 saturated carbocycles. The number of rotatable bonds is 47. The Morgan fingerprint density at radius 2 is 0.629 bits per heavy atom. The van der Waals surface area contributed by atoms with Crippen LogP contribution < -0.4 is 10.6 Å². The van der Waals surface area contributed by atoms with Crippen molar-refractivity contribution in [2.75, 3.05) is 11.5 Å². The Morgan fingerprint density at radius 1 is 0.387 bits per heavy atom. The van der Waals surface area contributed by atoms with Crippen LogP contribution in [0.4, 0.5) is 0 Å². The third-order valence-electron chi connectivity index (χ3n) is 10.9. The number of amides is 2. The highest BCUT2D eigenvalue weighted by atomic mass is 33.1. The van der Waals surface area contributed by atoms with E-state index < -0.39 is 24.0 Å². The number of hydrogen-bond acceptors (Lipinski definition) is 10. The van der Waals surface area contributed by atoms with Gasteiger partial charge in [0.2, 0.25) is 11.8 Å². The van der Waals surface area contributed by atoms with Gasteiger partial charge in [0.15, 0.2) is 0 Å². The number of nitrogens with one attached hydrogen (secondary N) is 2. The second-order valence-corrected chi connectivity index (χ2v) is 26.4. The third-order valence-corrected chi connectivity index (χ3v) is 20.2. The van der Waals surface area contributed by atoms with E-state index in [1.54, 1.807) is 21.6 Å². The van der Waals surface area contributed by atoms with E-state index >= 15 is 0 Å². The van der Waals surface area contributed by atoms with Crippen molar-refractivity contribution in [3.8, 4) is 0 Å². The molecule has 366 valence electrons. The summed E-state index contributed by atoms with van der Waals surface area (Å²) in [6, 6.07) is -1.74. The first-order valence-corrected chi connectivity index (χ1v) is 31.9. The highest BCUT2D eigenvalue weighted by molar-refractivity contribution is 8.77. The molecule has 0 aliphatic rings. The molecule has 4 N–H and O–H groups in total. The molecule has 0 rings (SSSR count). The molecule has 0 aromatic heterocycles. The average Bonchev–Trinajstić information content (AvgIpc) is 3.22. The number of carbonyl (C=O) groups excluding carboxylic acids is 2. The van der Waals surface area contributed by atoms with Crippen molar-refractivity contribution in [2.45, 2.75) is 267 Å². The van der Waals surface area contributed by atoms with Gasteiger partial charge in [-0.15, -0.1) is 0 Å². The molecule has 0 radical (unpaired) electrons. The molecule has 2 amide bonds. The molecule has 0 aromatic carbocycles. The van der Waals surface area contributed by atoms with Crippen LogP contribution in [0, 0.1) is 0 Å². The molecule has 6 unspecified atom stereocenters. The van der Waals surface area contributed by atoms with Crippen molar-refractivity contribution >= 4 is 88.5 Å². The second-order valence-electron chi connectivity index (χ2n) is 17.6. The quantitative estimate of drug-likeness (QED) is 0.0342. The van der Waals surface area contributed by atoms with Gasteiger partial charge in [-0.05, 0) is 25.7 Å². The SMILES string of the molecule is CCCCCCCCCCCCCCCC(=O)NC(CSSC(C)CC(C)SSC(C)CC(C)SSCC(NC(=O)CCCCCCCCCCCCCCC)C(=O)O)C(=O)O. The molecule has 0 aliphatic carbocycles. The predicted molar refractivity (Wildman–Crippen MR) is 282 cm³/mol. The number of aliphatic carboxylic acids is 2. The maximum absolute atomic E-state index is 12.5. The van der Waals surface area contributed by atoms with Gasteiger partial charge in [0.25, 0.3) is 0 Å². The van der Waals surface area contributed by atoms with Crippen molar-refractivity contribution in [1.29, 1.82) is 0 Å². The smallest absolute Gasteiger partial charge is 0.327 e. The van der Waals surface area contributed by atoms with Gasteiger partial charge in [0.1, 0.15) is 12.1 Å². The highest BCUT2D eigenvalue weighted by Crippen LogP contribution is 2.40. The van der Waals surface area contributed by atoms with Crippen LogP contribution in [0.25, 0.3) is 0 Å². The molecule has 0 aromatic rings. The van der Waals surface area contributed by atoms with Gasteiger partial charge in [0.05, 0.1) is 0 Å². The average molecular weight is 986 g/mol. The van der Waals surface area contributed by atoms with Crippen molar-refractivity contribution in [1.82, 2.24) is 10.6 Å². The lowest BCUT2D eigenvalue weighted by Crippen LogP contribution is -2.42. The Bertz CT molecular complexity index is 1010. The molecule has 0 spiro atoms. The van der Waals surface area contributed by atoms with E-state index in [-0.39, 0.29) is 11.8 Å². The molecule has 0 aliphatic heterocycles. The van der Waals surface area contributed by atoms with Crippen LogP contribution in [-0.2, 0) is 19.2 Å². The van der Waals surface area contributed by atoms with Crippen LogP contribution in [0.15, 0.2) is 0 Å². The molecule has 0 bridgehead atoms. The first-order valence-electron chi connectivity index (χ1n) is 24.8. The van der Waals surface area contributed by atoms with Crippen molar-refractivity contribution in [3.63, 3.8) is 0 Å². The van der Waals surface area contributed by atoms with Gasteiger partial charge in [-0.2, -0.15) is 0 Å². The minimum atomic E-state index is -0.978. The highest BCUT2D eigenvalue weighted by Gasteiger charge is 2.23. The summed E-state index contributed by atoms with van der Waals surface area (Å²) in [7, 11) is 10.2. The van der Waals surface area contributed by atoms with Gasteiger partial charge in [-0.3, -0.25) is 9.59 Å². The topological polar surface area (TPSA) is 133 Å². The molecule has 8 nitrogen and oxygen atoms in total. The lowest BCUT2D eigenvalue weighted by Gasteiger charge is -2.20. The summed E-state index contributed by atoms with van der Waals surface area (Å²) < 4.78 is 0. The van der Waals surface area contributed by atoms with E-state index in [2.05, 4.69) is 52.2 Å². The van der Waals surface area contributed by atoms with Crippen molar-refractivity contribution < 1.29 is 29.4 Å². The fraction of sp³-hybridized carbons (Fsp3) is 0.917. The Morgan fingerprint density at radius 3 is 0.887 bits per heavy atom. The summed E-state index contributed by atoms with van der Waals surface area (Å²) in [5, 5.41) is 26.5. The minimum Gasteiger partial charge on any atom is -0.480 e. The Hall–Kier alpha value is -0.0200. The summed E-state index contributed by atoms with van der Waals surface area (Å²) in [5.74, 6) is -1.60. The molecule has 0 heterocycles.